The van der Waals surface area contributed by atoms with E-state index in [2.05, 4.69) is 15.0 Å². The van der Waals surface area contributed by atoms with Crippen molar-refractivity contribution >= 4 is 0 Å². The SMILES string of the molecule is Cc1c(CN2CCO[C@H](c3cccc(Cc4ccccc4C(F)(F)F)n3)C2)cnn1C. The average Bonchev–Trinajstić information content (AvgIpc) is 3.06. The van der Waals surface area contributed by atoms with Crippen LogP contribution < -0.4 is 0 Å². The van der Waals surface area contributed by atoms with Crippen LogP contribution in [0.3, 0.4) is 0 Å². The Bertz CT molecular complexity index is 1050. The summed E-state index contributed by atoms with van der Waals surface area (Å²) in [6.07, 6.45) is -2.60. The van der Waals surface area contributed by atoms with Crippen LogP contribution in [-0.4, -0.2) is 39.4 Å². The van der Waals surface area contributed by atoms with Crippen molar-refractivity contribution < 1.29 is 17.9 Å². The number of nitrogens with zero attached hydrogens (tertiary/aromatic N) is 4. The quantitative estimate of drug-likeness (QED) is 0.605. The number of alkyl halides is 3. The standard InChI is InChI=1S/C23H25F3N4O/c1-16-18(13-27-29(16)2)14-30-10-11-31-22(15-30)21-9-5-7-19(28-21)12-17-6-3-4-8-20(17)23(24,25)26/h3-9,13,22H,10-12,14-15H2,1-2H3/t22-/m0/s1. The maximum atomic E-state index is 13.3. The van der Waals surface area contributed by atoms with Crippen LogP contribution in [0.4, 0.5) is 13.2 Å². The molecule has 0 bridgehead atoms. The highest BCUT2D eigenvalue weighted by atomic mass is 19.4. The van der Waals surface area contributed by atoms with E-state index in [9.17, 15) is 13.2 Å². The Kier molecular flexibility index (Phi) is 6.11. The second kappa shape index (κ2) is 8.80. The summed E-state index contributed by atoms with van der Waals surface area (Å²) in [5.74, 6) is 0. The summed E-state index contributed by atoms with van der Waals surface area (Å²) < 4.78 is 47.8. The number of aromatic nitrogens is 3. The first kappa shape index (κ1) is 21.5. The lowest BCUT2D eigenvalue weighted by atomic mass is 10.0. The topological polar surface area (TPSA) is 43.2 Å². The van der Waals surface area contributed by atoms with Crippen LogP contribution in [-0.2, 0) is 30.9 Å². The minimum absolute atomic E-state index is 0.120. The van der Waals surface area contributed by atoms with E-state index in [4.69, 9.17) is 4.74 Å². The van der Waals surface area contributed by atoms with Crippen LogP contribution in [0.1, 0.15) is 39.9 Å². The number of halogens is 3. The summed E-state index contributed by atoms with van der Waals surface area (Å²) in [7, 11) is 1.92. The van der Waals surface area contributed by atoms with E-state index in [1.165, 1.54) is 17.7 Å². The van der Waals surface area contributed by atoms with Gasteiger partial charge in [0.1, 0.15) is 6.10 Å². The van der Waals surface area contributed by atoms with Crippen molar-refractivity contribution in [1.82, 2.24) is 19.7 Å². The van der Waals surface area contributed by atoms with Gasteiger partial charge < -0.3 is 4.74 Å². The van der Waals surface area contributed by atoms with Crippen molar-refractivity contribution in [3.63, 3.8) is 0 Å². The van der Waals surface area contributed by atoms with E-state index >= 15 is 0 Å². The summed E-state index contributed by atoms with van der Waals surface area (Å²) in [5, 5.41) is 4.30. The third-order valence-electron chi connectivity index (χ3n) is 5.73. The van der Waals surface area contributed by atoms with Crippen molar-refractivity contribution in [2.75, 3.05) is 19.7 Å². The lowest BCUT2D eigenvalue weighted by Gasteiger charge is -2.32. The highest BCUT2D eigenvalue weighted by Crippen LogP contribution is 2.33. The molecule has 1 aromatic carbocycles. The number of hydrogen-bond acceptors (Lipinski definition) is 4. The van der Waals surface area contributed by atoms with Gasteiger partial charge in [0, 0.05) is 50.1 Å². The molecule has 1 fully saturated rings. The largest absolute Gasteiger partial charge is 0.416 e. The van der Waals surface area contributed by atoms with E-state index in [1.54, 1.807) is 12.1 Å². The molecule has 2 aromatic heterocycles. The number of hydrogen-bond donors (Lipinski definition) is 0. The Morgan fingerprint density at radius 2 is 1.90 bits per heavy atom. The van der Waals surface area contributed by atoms with Crippen LogP contribution >= 0.6 is 0 Å². The van der Waals surface area contributed by atoms with E-state index in [-0.39, 0.29) is 18.1 Å². The summed E-state index contributed by atoms with van der Waals surface area (Å²) in [5.41, 5.74) is 3.25. The fraction of sp³-hybridized carbons (Fsp3) is 0.391. The van der Waals surface area contributed by atoms with Gasteiger partial charge in [-0.05, 0) is 30.7 Å². The third-order valence-corrected chi connectivity index (χ3v) is 5.73. The van der Waals surface area contributed by atoms with Gasteiger partial charge in [-0.25, -0.2) is 0 Å². The van der Waals surface area contributed by atoms with Gasteiger partial charge in [-0.15, -0.1) is 0 Å². The Morgan fingerprint density at radius 1 is 1.10 bits per heavy atom. The lowest BCUT2D eigenvalue weighted by Crippen LogP contribution is -2.38. The molecule has 0 unspecified atom stereocenters. The Morgan fingerprint density at radius 3 is 2.65 bits per heavy atom. The van der Waals surface area contributed by atoms with Crippen LogP contribution in [0.15, 0.2) is 48.7 Å². The zero-order valence-corrected chi connectivity index (χ0v) is 17.6. The van der Waals surface area contributed by atoms with Gasteiger partial charge in [-0.1, -0.05) is 24.3 Å². The molecular formula is C23H25F3N4O. The molecule has 1 aliphatic heterocycles. The Hall–Kier alpha value is -2.71. The number of rotatable bonds is 5. The normalized spacial score (nSPS) is 17.8. The van der Waals surface area contributed by atoms with Crippen molar-refractivity contribution in [3.05, 3.63) is 82.4 Å². The summed E-state index contributed by atoms with van der Waals surface area (Å²) in [6, 6.07) is 11.1. The zero-order valence-electron chi connectivity index (χ0n) is 17.6. The summed E-state index contributed by atoms with van der Waals surface area (Å²) in [4.78, 5) is 6.94. The van der Waals surface area contributed by atoms with Gasteiger partial charge >= 0.3 is 6.18 Å². The molecule has 3 aromatic rings. The molecule has 1 aliphatic rings. The number of benzene rings is 1. The molecule has 0 N–H and O–H groups in total. The molecule has 0 aliphatic carbocycles. The highest BCUT2D eigenvalue weighted by Gasteiger charge is 2.33. The zero-order chi connectivity index (χ0) is 22.0. The molecule has 0 spiro atoms. The summed E-state index contributed by atoms with van der Waals surface area (Å²) in [6.45, 7) is 4.88. The minimum atomic E-state index is -4.38. The maximum absolute atomic E-state index is 13.3. The van der Waals surface area contributed by atoms with E-state index in [0.717, 1.165) is 30.5 Å². The number of morpholine rings is 1. The van der Waals surface area contributed by atoms with Crippen LogP contribution in [0.25, 0.3) is 0 Å². The molecule has 3 heterocycles. The number of ether oxygens (including phenoxy) is 1. The molecule has 1 atom stereocenters. The molecule has 0 saturated carbocycles. The molecule has 164 valence electrons. The van der Waals surface area contributed by atoms with Crippen LogP contribution in [0.5, 0.6) is 0 Å². The molecular weight excluding hydrogens is 405 g/mol. The molecule has 5 nitrogen and oxygen atoms in total. The minimum Gasteiger partial charge on any atom is -0.369 e. The Balaban J connectivity index is 1.49. The highest BCUT2D eigenvalue weighted by molar-refractivity contribution is 5.33. The fourth-order valence-corrected chi connectivity index (χ4v) is 3.89. The van der Waals surface area contributed by atoms with Crippen molar-refractivity contribution in [3.8, 4) is 0 Å². The van der Waals surface area contributed by atoms with Crippen LogP contribution in [0, 0.1) is 6.92 Å². The number of pyridine rings is 1. The predicted octanol–water partition coefficient (Wildman–Crippen LogP) is 4.31. The van der Waals surface area contributed by atoms with Crippen molar-refractivity contribution in [1.29, 1.82) is 0 Å². The van der Waals surface area contributed by atoms with Crippen molar-refractivity contribution in [2.45, 2.75) is 32.2 Å². The first-order valence-electron chi connectivity index (χ1n) is 10.2. The molecule has 0 amide bonds. The molecule has 0 radical (unpaired) electrons. The summed E-state index contributed by atoms with van der Waals surface area (Å²) >= 11 is 0. The van der Waals surface area contributed by atoms with Gasteiger partial charge in [-0.3, -0.25) is 14.6 Å². The van der Waals surface area contributed by atoms with Gasteiger partial charge in [-0.2, -0.15) is 18.3 Å². The second-order valence-corrected chi connectivity index (χ2v) is 7.86. The van der Waals surface area contributed by atoms with Gasteiger partial charge in [0.25, 0.3) is 0 Å². The van der Waals surface area contributed by atoms with Crippen LogP contribution in [0.2, 0.25) is 0 Å². The first-order valence-corrected chi connectivity index (χ1v) is 10.2. The molecule has 4 rings (SSSR count). The van der Waals surface area contributed by atoms with Gasteiger partial charge in [0.05, 0.1) is 24.1 Å². The molecule has 1 saturated heterocycles. The third kappa shape index (κ3) is 4.97. The van der Waals surface area contributed by atoms with Gasteiger partial charge in [0.2, 0.25) is 0 Å². The average molecular weight is 430 g/mol. The van der Waals surface area contributed by atoms with Gasteiger partial charge in [0.15, 0.2) is 0 Å². The van der Waals surface area contributed by atoms with E-state index < -0.39 is 11.7 Å². The second-order valence-electron chi connectivity index (χ2n) is 7.86. The first-order chi connectivity index (χ1) is 14.8. The monoisotopic (exact) mass is 430 g/mol. The maximum Gasteiger partial charge on any atom is 0.416 e. The van der Waals surface area contributed by atoms with E-state index in [0.29, 0.717) is 18.8 Å². The molecule has 8 heteroatoms. The number of aryl methyl sites for hydroxylation is 1. The lowest BCUT2D eigenvalue weighted by molar-refractivity contribution is -0.138. The predicted molar refractivity (Wildman–Crippen MR) is 110 cm³/mol. The van der Waals surface area contributed by atoms with E-state index in [1.807, 2.05) is 37.0 Å². The smallest absolute Gasteiger partial charge is 0.369 e. The van der Waals surface area contributed by atoms with Crippen molar-refractivity contribution in [2.24, 2.45) is 7.05 Å². The molecule has 31 heavy (non-hydrogen) atoms. The Labute approximate surface area is 179 Å². The fourth-order valence-electron chi connectivity index (χ4n) is 3.89.